The molecule has 0 saturated carbocycles. The number of rotatable bonds is 2. The van der Waals surface area contributed by atoms with E-state index in [1.54, 1.807) is 11.8 Å². The maximum Gasteiger partial charge on any atom is 0.194 e. The quantitative estimate of drug-likeness (QED) is 0.396. The Morgan fingerprint density at radius 2 is 1.50 bits per heavy atom. The van der Waals surface area contributed by atoms with Gasteiger partial charge in [0.1, 0.15) is 0 Å². The highest BCUT2D eigenvalue weighted by Crippen LogP contribution is 2.47. The molecule has 0 aliphatic heterocycles. The molecule has 0 bridgehead atoms. The lowest BCUT2D eigenvalue weighted by Crippen LogP contribution is -2.08. The second kappa shape index (κ2) is 5.61. The number of fused-ring (bicyclic) bond motifs is 2. The molecular weight excluding hydrogens is 338 g/mol. The van der Waals surface area contributed by atoms with Crippen LogP contribution in [0.4, 0.5) is 0 Å². The van der Waals surface area contributed by atoms with E-state index in [1.165, 1.54) is 21.0 Å². The smallest absolute Gasteiger partial charge is 0.194 e. The van der Waals surface area contributed by atoms with Crippen molar-refractivity contribution >= 4 is 28.4 Å². The number of carbonyl (C=O) groups is 1. The lowest BCUT2D eigenvalue weighted by Gasteiger charge is -2.17. The molecule has 126 valence electrons. The van der Waals surface area contributed by atoms with Crippen LogP contribution in [0.3, 0.4) is 0 Å². The minimum atomic E-state index is 0.121. The van der Waals surface area contributed by atoms with E-state index in [2.05, 4.69) is 54.9 Å². The molecule has 1 aliphatic rings. The zero-order valence-electron chi connectivity index (χ0n) is 14.6. The Hall–Kier alpha value is -2.78. The predicted octanol–water partition coefficient (Wildman–Crippen LogP) is 5.85. The van der Waals surface area contributed by atoms with Crippen molar-refractivity contribution in [2.75, 3.05) is 0 Å². The van der Waals surface area contributed by atoms with Crippen LogP contribution in [0.15, 0.2) is 76.7 Å². The maximum absolute atomic E-state index is 13.0. The third kappa shape index (κ3) is 2.10. The third-order valence-corrected chi connectivity index (χ3v) is 6.27. The Kier molecular flexibility index (Phi) is 3.34. The highest BCUT2D eigenvalue weighted by molar-refractivity contribution is 7.99. The van der Waals surface area contributed by atoms with E-state index >= 15 is 0 Å². The Balaban J connectivity index is 1.83. The number of ketones is 1. The van der Waals surface area contributed by atoms with Crippen molar-refractivity contribution < 1.29 is 4.79 Å². The van der Waals surface area contributed by atoms with Gasteiger partial charge in [0.05, 0.1) is 10.5 Å². The largest absolute Gasteiger partial charge is 0.338 e. The van der Waals surface area contributed by atoms with Crippen LogP contribution in [0.2, 0.25) is 0 Å². The van der Waals surface area contributed by atoms with Crippen LogP contribution in [-0.4, -0.2) is 10.4 Å². The van der Waals surface area contributed by atoms with Gasteiger partial charge >= 0.3 is 0 Å². The number of hydrogen-bond donors (Lipinski definition) is 0. The van der Waals surface area contributed by atoms with E-state index in [4.69, 9.17) is 0 Å². The minimum absolute atomic E-state index is 0.121. The Morgan fingerprint density at radius 1 is 0.808 bits per heavy atom. The Labute approximate surface area is 156 Å². The molecule has 0 radical (unpaired) electrons. The van der Waals surface area contributed by atoms with E-state index in [0.29, 0.717) is 0 Å². The van der Waals surface area contributed by atoms with Crippen LogP contribution in [0.1, 0.15) is 21.5 Å². The van der Waals surface area contributed by atoms with Gasteiger partial charge in [-0.25, -0.2) is 0 Å². The number of aryl methyl sites for hydroxylation is 2. The van der Waals surface area contributed by atoms with Gasteiger partial charge in [-0.05, 0) is 30.7 Å². The van der Waals surface area contributed by atoms with Gasteiger partial charge in [-0.15, -0.1) is 0 Å². The fraction of sp³-hybridized carbons (Fsp3) is 0.0870. The molecule has 0 unspecified atom stereocenters. The zero-order chi connectivity index (χ0) is 17.8. The van der Waals surface area contributed by atoms with Crippen LogP contribution >= 0.6 is 11.8 Å². The van der Waals surface area contributed by atoms with Crippen LogP contribution < -0.4 is 0 Å². The molecular formula is C23H17NOS. The number of nitrogens with zero attached hydrogens (tertiary/aromatic N) is 1. The maximum atomic E-state index is 13.0. The van der Waals surface area contributed by atoms with Crippen molar-refractivity contribution in [3.05, 3.63) is 83.4 Å². The van der Waals surface area contributed by atoms with Gasteiger partial charge in [-0.2, -0.15) is 0 Å². The molecule has 1 heterocycles. The summed E-state index contributed by atoms with van der Waals surface area (Å²) in [5.41, 5.74) is 6.18. The average molecular weight is 355 g/mol. The van der Waals surface area contributed by atoms with Crippen molar-refractivity contribution in [3.63, 3.8) is 0 Å². The van der Waals surface area contributed by atoms with Gasteiger partial charge < -0.3 is 4.57 Å². The Morgan fingerprint density at radius 3 is 2.27 bits per heavy atom. The van der Waals surface area contributed by atoms with Gasteiger partial charge in [0.15, 0.2) is 5.78 Å². The topological polar surface area (TPSA) is 22.0 Å². The first kappa shape index (κ1) is 15.5. The van der Waals surface area contributed by atoms with Crippen molar-refractivity contribution in [3.8, 4) is 11.1 Å². The molecule has 2 nitrogen and oxygen atoms in total. The van der Waals surface area contributed by atoms with Gasteiger partial charge in [-0.3, -0.25) is 4.79 Å². The standard InChI is InChI=1S/C23H17NOS/c1-14-10-12-15(13-11-14)26-23-21-16-6-3-4-7-17(16)22(25)18-8-5-9-19(20(18)21)24(23)2/h3-13H,1-2H3. The molecule has 3 aromatic carbocycles. The summed E-state index contributed by atoms with van der Waals surface area (Å²) in [5.74, 6) is 0.121. The van der Waals surface area contributed by atoms with E-state index in [9.17, 15) is 4.79 Å². The van der Waals surface area contributed by atoms with Gasteiger partial charge in [0.25, 0.3) is 0 Å². The predicted molar refractivity (Wildman–Crippen MR) is 107 cm³/mol. The lowest BCUT2D eigenvalue weighted by atomic mass is 9.86. The lowest BCUT2D eigenvalue weighted by molar-refractivity contribution is 0.104. The highest BCUT2D eigenvalue weighted by Gasteiger charge is 2.30. The third-order valence-electron chi connectivity index (χ3n) is 5.09. The second-order valence-electron chi connectivity index (χ2n) is 6.73. The van der Waals surface area contributed by atoms with Crippen LogP contribution in [0.5, 0.6) is 0 Å². The van der Waals surface area contributed by atoms with Crippen molar-refractivity contribution in [1.82, 2.24) is 4.57 Å². The summed E-state index contributed by atoms with van der Waals surface area (Å²) in [4.78, 5) is 14.2. The fourth-order valence-corrected chi connectivity index (χ4v) is 4.83. The Bertz CT molecular complexity index is 1190. The summed E-state index contributed by atoms with van der Waals surface area (Å²) in [7, 11) is 2.09. The van der Waals surface area contributed by atoms with E-state index in [0.717, 1.165) is 27.6 Å². The van der Waals surface area contributed by atoms with Gasteiger partial charge in [0.2, 0.25) is 0 Å². The monoisotopic (exact) mass is 355 g/mol. The minimum Gasteiger partial charge on any atom is -0.338 e. The number of hydrogen-bond acceptors (Lipinski definition) is 2. The highest BCUT2D eigenvalue weighted by atomic mass is 32.2. The van der Waals surface area contributed by atoms with Crippen LogP contribution in [0.25, 0.3) is 22.0 Å². The van der Waals surface area contributed by atoms with Crippen LogP contribution in [-0.2, 0) is 7.05 Å². The molecule has 0 spiro atoms. The van der Waals surface area contributed by atoms with Crippen LogP contribution in [0, 0.1) is 6.92 Å². The molecule has 4 aromatic rings. The van der Waals surface area contributed by atoms with E-state index in [-0.39, 0.29) is 5.78 Å². The second-order valence-corrected chi connectivity index (χ2v) is 7.79. The number of benzene rings is 3. The first-order chi connectivity index (χ1) is 12.6. The van der Waals surface area contributed by atoms with Crippen molar-refractivity contribution in [2.24, 2.45) is 7.05 Å². The summed E-state index contributed by atoms with van der Waals surface area (Å²) < 4.78 is 2.22. The molecule has 1 aliphatic carbocycles. The zero-order valence-corrected chi connectivity index (χ0v) is 15.4. The van der Waals surface area contributed by atoms with Gasteiger partial charge in [0, 0.05) is 34.0 Å². The molecule has 0 saturated heterocycles. The SMILES string of the molecule is Cc1ccc(Sc2c3c4c(cccc4n2C)C(=O)c2ccccc2-3)cc1. The summed E-state index contributed by atoms with van der Waals surface area (Å²) in [6.45, 7) is 2.10. The average Bonchev–Trinajstić information content (AvgIpc) is 2.95. The molecule has 0 fully saturated rings. The van der Waals surface area contributed by atoms with Crippen molar-refractivity contribution in [1.29, 1.82) is 0 Å². The fourth-order valence-electron chi connectivity index (χ4n) is 3.79. The molecule has 0 atom stereocenters. The first-order valence-electron chi connectivity index (χ1n) is 8.65. The van der Waals surface area contributed by atoms with Gasteiger partial charge in [-0.1, -0.05) is 65.9 Å². The molecule has 0 amide bonds. The molecule has 3 heteroatoms. The van der Waals surface area contributed by atoms with E-state index in [1.807, 2.05) is 30.3 Å². The summed E-state index contributed by atoms with van der Waals surface area (Å²) >= 11 is 1.76. The van der Waals surface area contributed by atoms with Crippen molar-refractivity contribution in [2.45, 2.75) is 16.8 Å². The summed E-state index contributed by atoms with van der Waals surface area (Å²) in [6.07, 6.45) is 0. The molecule has 1 aromatic heterocycles. The molecule has 26 heavy (non-hydrogen) atoms. The summed E-state index contributed by atoms with van der Waals surface area (Å²) in [5, 5.41) is 2.25. The number of aromatic nitrogens is 1. The van der Waals surface area contributed by atoms with E-state index < -0.39 is 0 Å². The molecule has 5 rings (SSSR count). The first-order valence-corrected chi connectivity index (χ1v) is 9.47. The molecule has 0 N–H and O–H groups in total. The normalized spacial score (nSPS) is 12.5. The number of carbonyl (C=O) groups excluding carboxylic acids is 1. The summed E-state index contributed by atoms with van der Waals surface area (Å²) in [6, 6.07) is 22.6.